The molecule has 0 spiro atoms. The summed E-state index contributed by atoms with van der Waals surface area (Å²) in [6, 6.07) is 16.7. The van der Waals surface area contributed by atoms with Crippen molar-refractivity contribution in [3.05, 3.63) is 54.1 Å². The molecule has 0 aromatic heterocycles. The zero-order valence-corrected chi connectivity index (χ0v) is 18.4. The van der Waals surface area contributed by atoms with Crippen LogP contribution in [-0.2, 0) is 4.79 Å². The second-order valence-electron chi connectivity index (χ2n) is 7.73. The number of nitrogens with zero attached hydrogens (tertiary/aromatic N) is 3. The van der Waals surface area contributed by atoms with Crippen LogP contribution >= 0.6 is 0 Å². The topological polar surface area (TPSA) is 48.1 Å². The maximum Gasteiger partial charge on any atom is 0.234 e. The van der Waals surface area contributed by atoms with Crippen LogP contribution in [0.1, 0.15) is 12.5 Å². The first-order valence-corrected chi connectivity index (χ1v) is 10.8. The van der Waals surface area contributed by atoms with Gasteiger partial charge in [0.2, 0.25) is 5.91 Å². The van der Waals surface area contributed by atoms with E-state index in [0.29, 0.717) is 13.1 Å². The van der Waals surface area contributed by atoms with E-state index < -0.39 is 0 Å². The van der Waals surface area contributed by atoms with E-state index in [1.165, 1.54) is 16.9 Å². The van der Waals surface area contributed by atoms with Crippen LogP contribution in [0.4, 0.5) is 11.4 Å². The van der Waals surface area contributed by atoms with E-state index >= 15 is 0 Å². The average molecular weight is 411 g/mol. The number of amides is 1. The fraction of sp³-hybridized carbons (Fsp3) is 0.458. The molecule has 0 radical (unpaired) electrons. The first-order valence-electron chi connectivity index (χ1n) is 10.8. The van der Waals surface area contributed by atoms with Gasteiger partial charge in [-0.25, -0.2) is 0 Å². The van der Waals surface area contributed by atoms with Gasteiger partial charge in [-0.15, -0.1) is 0 Å². The molecule has 6 nitrogen and oxygen atoms in total. The molecule has 1 N–H and O–H groups in total. The van der Waals surface area contributed by atoms with Crippen LogP contribution in [0.5, 0.6) is 5.75 Å². The van der Waals surface area contributed by atoms with Crippen LogP contribution in [0, 0.1) is 6.92 Å². The van der Waals surface area contributed by atoms with Gasteiger partial charge in [0.15, 0.2) is 0 Å². The van der Waals surface area contributed by atoms with Gasteiger partial charge in [-0.2, -0.15) is 0 Å². The highest BCUT2D eigenvalue weighted by atomic mass is 16.5. The summed E-state index contributed by atoms with van der Waals surface area (Å²) in [6.07, 6.45) is 0. The minimum Gasteiger partial charge on any atom is -0.497 e. The lowest BCUT2D eigenvalue weighted by atomic mass is 10.2. The van der Waals surface area contributed by atoms with Gasteiger partial charge in [-0.1, -0.05) is 18.2 Å². The number of benzene rings is 2. The number of hydrogen-bond acceptors (Lipinski definition) is 5. The Morgan fingerprint density at radius 1 is 1.10 bits per heavy atom. The number of anilines is 2. The Morgan fingerprint density at radius 3 is 2.57 bits per heavy atom. The number of methoxy groups -OCH3 is 1. The fourth-order valence-electron chi connectivity index (χ4n) is 3.86. The van der Waals surface area contributed by atoms with Gasteiger partial charge >= 0.3 is 0 Å². The molecule has 1 heterocycles. The number of piperazine rings is 1. The first kappa shape index (κ1) is 22.0. The molecule has 6 heteroatoms. The number of ether oxygens (including phenoxy) is 1. The van der Waals surface area contributed by atoms with Gasteiger partial charge < -0.3 is 19.9 Å². The van der Waals surface area contributed by atoms with Crippen molar-refractivity contribution in [2.75, 3.05) is 69.3 Å². The van der Waals surface area contributed by atoms with Crippen molar-refractivity contribution in [3.8, 4) is 5.75 Å². The lowest BCUT2D eigenvalue weighted by Crippen LogP contribution is -2.50. The molecule has 30 heavy (non-hydrogen) atoms. The van der Waals surface area contributed by atoms with Crippen molar-refractivity contribution in [2.24, 2.45) is 0 Å². The molecule has 0 unspecified atom stereocenters. The summed E-state index contributed by atoms with van der Waals surface area (Å²) in [5, 5.41) is 3.08. The Balaban J connectivity index is 1.39. The molecule has 2 aromatic carbocycles. The molecule has 0 bridgehead atoms. The van der Waals surface area contributed by atoms with Crippen LogP contribution in [0.2, 0.25) is 0 Å². The van der Waals surface area contributed by atoms with Crippen molar-refractivity contribution < 1.29 is 9.53 Å². The molecule has 1 amide bonds. The SMILES string of the molecule is CCN(CCNC(=O)CN1CCN(c2cccc(OC)c2)CC1)c1cccc(C)c1. The molecule has 3 rings (SSSR count). The van der Waals surface area contributed by atoms with Crippen molar-refractivity contribution in [1.82, 2.24) is 10.2 Å². The number of carbonyl (C=O) groups excluding carboxylic acids is 1. The van der Waals surface area contributed by atoms with Gasteiger partial charge in [0.05, 0.1) is 13.7 Å². The van der Waals surface area contributed by atoms with E-state index in [1.54, 1.807) is 7.11 Å². The van der Waals surface area contributed by atoms with E-state index in [1.807, 2.05) is 12.1 Å². The fourth-order valence-corrected chi connectivity index (χ4v) is 3.86. The summed E-state index contributed by atoms with van der Waals surface area (Å²) in [6.45, 7) is 10.7. The monoisotopic (exact) mass is 410 g/mol. The van der Waals surface area contributed by atoms with E-state index in [9.17, 15) is 4.79 Å². The number of carbonyl (C=O) groups is 1. The molecule has 0 saturated carbocycles. The van der Waals surface area contributed by atoms with Crippen LogP contribution in [0.25, 0.3) is 0 Å². The molecular formula is C24H34N4O2. The zero-order valence-electron chi connectivity index (χ0n) is 18.4. The number of hydrogen-bond donors (Lipinski definition) is 1. The van der Waals surface area contributed by atoms with E-state index in [4.69, 9.17) is 4.74 Å². The smallest absolute Gasteiger partial charge is 0.234 e. The number of aryl methyl sites for hydroxylation is 1. The normalized spacial score (nSPS) is 14.4. The minimum absolute atomic E-state index is 0.102. The predicted molar refractivity (Wildman–Crippen MR) is 124 cm³/mol. The first-order chi connectivity index (χ1) is 14.6. The van der Waals surface area contributed by atoms with Gasteiger partial charge in [0.25, 0.3) is 0 Å². The summed E-state index contributed by atoms with van der Waals surface area (Å²) >= 11 is 0. The molecule has 0 aliphatic carbocycles. The third-order valence-corrected chi connectivity index (χ3v) is 5.61. The van der Waals surface area contributed by atoms with Crippen LogP contribution in [-0.4, -0.2) is 70.3 Å². The van der Waals surface area contributed by atoms with Crippen molar-refractivity contribution in [2.45, 2.75) is 13.8 Å². The number of nitrogens with one attached hydrogen (secondary N) is 1. The second-order valence-corrected chi connectivity index (χ2v) is 7.73. The lowest BCUT2D eigenvalue weighted by molar-refractivity contribution is -0.122. The molecular weight excluding hydrogens is 376 g/mol. The summed E-state index contributed by atoms with van der Waals surface area (Å²) < 4.78 is 5.32. The maximum atomic E-state index is 12.4. The number of rotatable bonds is 9. The Kier molecular flexibility index (Phi) is 7.97. The molecule has 1 saturated heterocycles. The van der Waals surface area contributed by atoms with Gasteiger partial charge in [0, 0.05) is 63.3 Å². The van der Waals surface area contributed by atoms with Gasteiger partial charge in [-0.3, -0.25) is 9.69 Å². The Labute approximate surface area is 180 Å². The standard InChI is InChI=1S/C24H34N4O2/c1-4-27(21-8-5-7-20(2)17-21)12-11-25-24(29)19-26-13-15-28(16-14-26)22-9-6-10-23(18-22)30-3/h5-10,17-18H,4,11-16,19H2,1-3H3,(H,25,29). The highest BCUT2D eigenvalue weighted by molar-refractivity contribution is 5.78. The summed E-state index contributed by atoms with van der Waals surface area (Å²) in [7, 11) is 1.69. The van der Waals surface area contributed by atoms with Gasteiger partial charge in [0.1, 0.15) is 5.75 Å². The average Bonchev–Trinajstić information content (AvgIpc) is 2.77. The third kappa shape index (κ3) is 6.13. The van der Waals surface area contributed by atoms with Crippen molar-refractivity contribution in [3.63, 3.8) is 0 Å². The Hall–Kier alpha value is -2.73. The maximum absolute atomic E-state index is 12.4. The number of likely N-dealkylation sites (N-methyl/N-ethyl adjacent to an activating group) is 1. The third-order valence-electron chi connectivity index (χ3n) is 5.61. The predicted octanol–water partition coefficient (Wildman–Crippen LogP) is 2.77. The molecule has 2 aromatic rings. The zero-order chi connectivity index (χ0) is 21.3. The molecule has 1 fully saturated rings. The lowest BCUT2D eigenvalue weighted by Gasteiger charge is -2.35. The van der Waals surface area contributed by atoms with E-state index in [0.717, 1.165) is 45.0 Å². The summed E-state index contributed by atoms with van der Waals surface area (Å²) in [5.41, 5.74) is 3.64. The minimum atomic E-state index is 0.102. The second kappa shape index (κ2) is 10.9. The van der Waals surface area contributed by atoms with Crippen LogP contribution < -0.4 is 19.9 Å². The van der Waals surface area contributed by atoms with Crippen LogP contribution in [0.15, 0.2) is 48.5 Å². The quantitative estimate of drug-likeness (QED) is 0.689. The molecule has 1 aliphatic heterocycles. The van der Waals surface area contributed by atoms with Gasteiger partial charge in [-0.05, 0) is 43.7 Å². The Morgan fingerprint density at radius 2 is 1.87 bits per heavy atom. The van der Waals surface area contributed by atoms with Crippen molar-refractivity contribution in [1.29, 1.82) is 0 Å². The highest BCUT2D eigenvalue weighted by Crippen LogP contribution is 2.22. The van der Waals surface area contributed by atoms with E-state index in [2.05, 4.69) is 70.3 Å². The Bertz CT molecular complexity index is 818. The molecule has 1 aliphatic rings. The van der Waals surface area contributed by atoms with E-state index in [-0.39, 0.29) is 5.91 Å². The molecule has 0 atom stereocenters. The van der Waals surface area contributed by atoms with Crippen molar-refractivity contribution >= 4 is 17.3 Å². The summed E-state index contributed by atoms with van der Waals surface area (Å²) in [4.78, 5) is 19.3. The highest BCUT2D eigenvalue weighted by Gasteiger charge is 2.19. The largest absolute Gasteiger partial charge is 0.497 e. The summed E-state index contributed by atoms with van der Waals surface area (Å²) in [5.74, 6) is 0.978. The molecule has 162 valence electrons. The van der Waals surface area contributed by atoms with Crippen LogP contribution in [0.3, 0.4) is 0 Å².